The molecule has 0 aromatic heterocycles. The van der Waals surface area contributed by atoms with Crippen molar-refractivity contribution in [1.82, 2.24) is 0 Å². The molecular weight excluding hydrogens is 284 g/mol. The van der Waals surface area contributed by atoms with Gasteiger partial charge in [0.1, 0.15) is 11.6 Å². The molecule has 0 saturated heterocycles. The maximum Gasteiger partial charge on any atom is 0.133 e. The van der Waals surface area contributed by atoms with Crippen LogP contribution in [0.15, 0.2) is 0 Å². The third-order valence-corrected chi connectivity index (χ3v) is 2.99. The van der Waals surface area contributed by atoms with Gasteiger partial charge in [-0.3, -0.25) is 4.79 Å². The molecule has 0 aliphatic carbocycles. The molecule has 0 aliphatic heterocycles. The Hall–Kier alpha value is -0.780. The lowest BCUT2D eigenvalue weighted by atomic mass is 10.1. The zero-order valence-corrected chi connectivity index (χ0v) is 13.8. The molecule has 2 radical (unpaired) electrons. The van der Waals surface area contributed by atoms with Crippen LogP contribution in [0.3, 0.4) is 0 Å². The topological polar surface area (TPSA) is 61.8 Å². The van der Waals surface area contributed by atoms with Crippen LogP contribution in [0.5, 0.6) is 0 Å². The van der Waals surface area contributed by atoms with E-state index in [0.29, 0.717) is 65.3 Å². The molecule has 22 heavy (non-hydrogen) atoms. The van der Waals surface area contributed by atoms with Gasteiger partial charge in [0.15, 0.2) is 0 Å². The van der Waals surface area contributed by atoms with Crippen molar-refractivity contribution in [3.8, 4) is 0 Å². The number of carbonyl (C=O) groups is 2. The standard InChI is InChI=1S/C17H30O5/c1-3-4-10-20-12-14-22-15-13-21-11-6-5-7-17(19)9-8-16(2)18/h1H,3-15H2,2H3. The van der Waals surface area contributed by atoms with Gasteiger partial charge < -0.3 is 19.0 Å². The first-order chi connectivity index (χ1) is 10.7. The van der Waals surface area contributed by atoms with Gasteiger partial charge in [0.25, 0.3) is 0 Å². The van der Waals surface area contributed by atoms with Crippen LogP contribution in [-0.4, -0.2) is 51.2 Å². The Balaban J connectivity index is 3.11. The Morgan fingerprint density at radius 2 is 1.27 bits per heavy atom. The Kier molecular flexibility index (Phi) is 16.0. The van der Waals surface area contributed by atoms with Gasteiger partial charge >= 0.3 is 0 Å². The summed E-state index contributed by atoms with van der Waals surface area (Å²) in [6.45, 7) is 10.4. The van der Waals surface area contributed by atoms with Crippen LogP contribution in [0.25, 0.3) is 0 Å². The van der Waals surface area contributed by atoms with E-state index < -0.39 is 0 Å². The Morgan fingerprint density at radius 1 is 0.727 bits per heavy atom. The highest BCUT2D eigenvalue weighted by molar-refractivity contribution is 5.84. The van der Waals surface area contributed by atoms with Crippen LogP contribution < -0.4 is 0 Å². The molecule has 0 rings (SSSR count). The van der Waals surface area contributed by atoms with Crippen LogP contribution in [0.2, 0.25) is 0 Å². The molecule has 0 saturated carbocycles. The number of ether oxygens (including phenoxy) is 3. The Labute approximate surface area is 134 Å². The molecule has 0 bridgehead atoms. The molecule has 0 N–H and O–H groups in total. The number of hydrogen-bond donors (Lipinski definition) is 0. The normalized spacial score (nSPS) is 10.8. The summed E-state index contributed by atoms with van der Waals surface area (Å²) in [4.78, 5) is 22.2. The predicted molar refractivity (Wildman–Crippen MR) is 84.8 cm³/mol. The number of rotatable bonds is 17. The van der Waals surface area contributed by atoms with E-state index in [1.165, 1.54) is 6.92 Å². The van der Waals surface area contributed by atoms with E-state index in [2.05, 4.69) is 0 Å². The fraction of sp³-hybridized carbons (Fsp3) is 0.824. The van der Waals surface area contributed by atoms with Gasteiger partial charge in [-0.2, -0.15) is 0 Å². The number of carbonyl (C=O) groups excluding carboxylic acids is 2. The Morgan fingerprint density at radius 3 is 1.82 bits per heavy atom. The number of hydrogen-bond acceptors (Lipinski definition) is 5. The SMILES string of the molecule is [CH]CCCOCCOCCOCCCCC(=O)CCC(C)=O. The van der Waals surface area contributed by atoms with Gasteiger partial charge in [0.05, 0.1) is 26.4 Å². The van der Waals surface area contributed by atoms with Crippen molar-refractivity contribution >= 4 is 11.6 Å². The smallest absolute Gasteiger partial charge is 0.133 e. The predicted octanol–water partition coefficient (Wildman–Crippen LogP) is 2.64. The highest BCUT2D eigenvalue weighted by atomic mass is 16.5. The second-order valence-electron chi connectivity index (χ2n) is 5.18. The summed E-state index contributed by atoms with van der Waals surface area (Å²) in [6.07, 6.45) is 4.46. The van der Waals surface area contributed by atoms with Gasteiger partial charge in [0.2, 0.25) is 0 Å². The zero-order valence-electron chi connectivity index (χ0n) is 13.8. The first-order valence-electron chi connectivity index (χ1n) is 8.11. The second-order valence-corrected chi connectivity index (χ2v) is 5.18. The van der Waals surface area contributed by atoms with E-state index in [-0.39, 0.29) is 11.6 Å². The van der Waals surface area contributed by atoms with Crippen LogP contribution >= 0.6 is 0 Å². The summed E-state index contributed by atoms with van der Waals surface area (Å²) >= 11 is 0. The first-order valence-corrected chi connectivity index (χ1v) is 8.11. The van der Waals surface area contributed by atoms with Crippen LogP contribution in [0.4, 0.5) is 0 Å². The van der Waals surface area contributed by atoms with Gasteiger partial charge in [-0.15, -0.1) is 0 Å². The lowest BCUT2D eigenvalue weighted by Gasteiger charge is -2.06. The Bertz CT molecular complexity index is 278. The van der Waals surface area contributed by atoms with E-state index in [1.807, 2.05) is 0 Å². The summed E-state index contributed by atoms with van der Waals surface area (Å²) in [5, 5.41) is 0. The summed E-state index contributed by atoms with van der Waals surface area (Å²) < 4.78 is 16.0. The van der Waals surface area contributed by atoms with Gasteiger partial charge in [-0.1, -0.05) is 0 Å². The maximum absolute atomic E-state index is 11.4. The van der Waals surface area contributed by atoms with Crippen molar-refractivity contribution in [3.63, 3.8) is 0 Å². The van der Waals surface area contributed by atoms with E-state index in [1.54, 1.807) is 0 Å². The lowest BCUT2D eigenvalue weighted by molar-refractivity contribution is -0.123. The van der Waals surface area contributed by atoms with Crippen LogP contribution in [-0.2, 0) is 23.8 Å². The van der Waals surface area contributed by atoms with E-state index in [4.69, 9.17) is 21.1 Å². The van der Waals surface area contributed by atoms with Crippen LogP contribution in [0, 0.1) is 6.92 Å². The molecule has 0 atom stereocenters. The van der Waals surface area contributed by atoms with Crippen LogP contribution in [0.1, 0.15) is 51.9 Å². The average Bonchev–Trinajstić information content (AvgIpc) is 2.49. The van der Waals surface area contributed by atoms with Crippen molar-refractivity contribution in [2.45, 2.75) is 51.9 Å². The van der Waals surface area contributed by atoms with Crippen molar-refractivity contribution in [1.29, 1.82) is 0 Å². The van der Waals surface area contributed by atoms with Crippen molar-refractivity contribution in [2.24, 2.45) is 0 Å². The van der Waals surface area contributed by atoms with E-state index >= 15 is 0 Å². The average molecular weight is 314 g/mol. The quantitative estimate of drug-likeness (QED) is 0.386. The van der Waals surface area contributed by atoms with E-state index in [0.717, 1.165) is 19.3 Å². The number of ketones is 2. The minimum atomic E-state index is 0.0708. The van der Waals surface area contributed by atoms with E-state index in [9.17, 15) is 9.59 Å². The summed E-state index contributed by atoms with van der Waals surface area (Å²) in [5.74, 6) is 0.231. The fourth-order valence-electron chi connectivity index (χ4n) is 1.69. The zero-order chi connectivity index (χ0) is 16.5. The molecule has 5 heteroatoms. The molecular formula is C17H30O5. The fourth-order valence-corrected chi connectivity index (χ4v) is 1.69. The molecule has 0 fully saturated rings. The molecule has 0 aliphatic rings. The minimum absolute atomic E-state index is 0.0708. The second kappa shape index (κ2) is 16.6. The number of Topliss-reactive ketones (excluding diaryl/α,β-unsaturated/α-hetero) is 2. The molecule has 0 unspecified atom stereocenters. The molecule has 0 aromatic rings. The molecule has 128 valence electrons. The summed E-state index contributed by atoms with van der Waals surface area (Å²) in [6, 6.07) is 0. The van der Waals surface area contributed by atoms with Gasteiger partial charge in [-0.05, 0) is 39.5 Å². The largest absolute Gasteiger partial charge is 0.379 e. The molecule has 5 nitrogen and oxygen atoms in total. The summed E-state index contributed by atoms with van der Waals surface area (Å²) in [7, 11) is 0. The van der Waals surface area contributed by atoms with Crippen molar-refractivity contribution in [3.05, 3.63) is 6.92 Å². The monoisotopic (exact) mass is 314 g/mol. The lowest BCUT2D eigenvalue weighted by Crippen LogP contribution is -2.10. The van der Waals surface area contributed by atoms with Gasteiger partial charge in [-0.25, -0.2) is 0 Å². The highest BCUT2D eigenvalue weighted by Gasteiger charge is 2.03. The first kappa shape index (κ1) is 21.2. The molecule has 0 spiro atoms. The highest BCUT2D eigenvalue weighted by Crippen LogP contribution is 2.02. The molecule has 0 amide bonds. The molecule has 0 heterocycles. The maximum atomic E-state index is 11.4. The molecule has 0 aromatic carbocycles. The van der Waals surface area contributed by atoms with Crippen molar-refractivity contribution in [2.75, 3.05) is 39.6 Å². The summed E-state index contributed by atoms with van der Waals surface area (Å²) in [5.41, 5.74) is 0. The third-order valence-electron chi connectivity index (χ3n) is 2.99. The van der Waals surface area contributed by atoms with Gasteiger partial charge in [0, 0.05) is 32.5 Å². The minimum Gasteiger partial charge on any atom is -0.379 e. The van der Waals surface area contributed by atoms with Crippen molar-refractivity contribution < 1.29 is 23.8 Å². The number of unbranched alkanes of at least 4 members (excludes halogenated alkanes) is 2. The third kappa shape index (κ3) is 17.3.